The van der Waals surface area contributed by atoms with E-state index >= 15 is 0 Å². The molecule has 1 aromatic carbocycles. The van der Waals surface area contributed by atoms with Crippen molar-refractivity contribution in [2.24, 2.45) is 5.92 Å². The van der Waals surface area contributed by atoms with Gasteiger partial charge in [0.15, 0.2) is 0 Å². The Bertz CT molecular complexity index is 521. The van der Waals surface area contributed by atoms with Crippen LogP contribution in [0.2, 0.25) is 0 Å². The Balaban J connectivity index is 2.36. The van der Waals surface area contributed by atoms with Gasteiger partial charge in [0, 0.05) is 10.9 Å². The molecule has 0 aliphatic rings. The van der Waals surface area contributed by atoms with Gasteiger partial charge in [-0.25, -0.2) is 4.79 Å². The molecule has 2 unspecified atom stereocenters. The summed E-state index contributed by atoms with van der Waals surface area (Å²) in [5.74, 6) is 0.216. The molecule has 1 aromatic rings. The minimum absolute atomic E-state index is 0.0318. The lowest BCUT2D eigenvalue weighted by atomic mass is 9.99. The number of carbonyl (C=O) groups excluding carboxylic acids is 2. The van der Waals surface area contributed by atoms with E-state index in [2.05, 4.69) is 21.2 Å². The first kappa shape index (κ1) is 19.5. The molecular formula is C17H24BrNO4. The zero-order chi connectivity index (χ0) is 17.2. The highest BCUT2D eigenvalue weighted by Gasteiger charge is 2.26. The SMILES string of the molecule is CCC(C)C(NC(=O)CCCOc1cccc(Br)c1)C(=O)OC. The summed E-state index contributed by atoms with van der Waals surface area (Å²) in [4.78, 5) is 23.7. The maximum Gasteiger partial charge on any atom is 0.328 e. The third-order valence-corrected chi connectivity index (χ3v) is 4.09. The highest BCUT2D eigenvalue weighted by atomic mass is 79.9. The number of ether oxygens (including phenoxy) is 2. The largest absolute Gasteiger partial charge is 0.494 e. The highest BCUT2D eigenvalue weighted by molar-refractivity contribution is 9.10. The van der Waals surface area contributed by atoms with E-state index in [9.17, 15) is 9.59 Å². The summed E-state index contributed by atoms with van der Waals surface area (Å²) in [6.45, 7) is 4.33. The molecule has 1 N–H and O–H groups in total. The normalized spacial score (nSPS) is 13.0. The molecule has 23 heavy (non-hydrogen) atoms. The van der Waals surface area contributed by atoms with E-state index in [4.69, 9.17) is 9.47 Å². The minimum atomic E-state index is -0.594. The molecule has 0 aromatic heterocycles. The van der Waals surface area contributed by atoms with Crippen molar-refractivity contribution in [3.63, 3.8) is 0 Å². The number of nitrogens with one attached hydrogen (secondary N) is 1. The Morgan fingerprint density at radius 1 is 1.35 bits per heavy atom. The lowest BCUT2D eigenvalue weighted by Gasteiger charge is -2.21. The Hall–Kier alpha value is -1.56. The number of hydrogen-bond acceptors (Lipinski definition) is 4. The molecule has 2 atom stereocenters. The van der Waals surface area contributed by atoms with Gasteiger partial charge in [-0.15, -0.1) is 0 Å². The van der Waals surface area contributed by atoms with Crippen LogP contribution in [-0.4, -0.2) is 31.6 Å². The van der Waals surface area contributed by atoms with Crippen molar-refractivity contribution < 1.29 is 19.1 Å². The number of methoxy groups -OCH3 is 1. The van der Waals surface area contributed by atoms with Crippen molar-refractivity contribution in [3.05, 3.63) is 28.7 Å². The Labute approximate surface area is 145 Å². The van der Waals surface area contributed by atoms with Crippen molar-refractivity contribution in [2.75, 3.05) is 13.7 Å². The molecule has 0 saturated carbocycles. The summed E-state index contributed by atoms with van der Waals surface area (Å²) >= 11 is 3.37. The van der Waals surface area contributed by atoms with Gasteiger partial charge in [0.25, 0.3) is 0 Å². The van der Waals surface area contributed by atoms with Crippen LogP contribution in [0.3, 0.4) is 0 Å². The van der Waals surface area contributed by atoms with Crippen LogP contribution in [0.25, 0.3) is 0 Å². The van der Waals surface area contributed by atoms with Crippen LogP contribution < -0.4 is 10.1 Å². The minimum Gasteiger partial charge on any atom is -0.494 e. The average molecular weight is 386 g/mol. The number of halogens is 1. The summed E-state index contributed by atoms with van der Waals surface area (Å²) in [5, 5.41) is 2.75. The molecular weight excluding hydrogens is 362 g/mol. The van der Waals surface area contributed by atoms with Crippen LogP contribution in [0.1, 0.15) is 33.1 Å². The second-order valence-electron chi connectivity index (χ2n) is 5.36. The van der Waals surface area contributed by atoms with E-state index in [-0.39, 0.29) is 11.8 Å². The average Bonchev–Trinajstić information content (AvgIpc) is 2.55. The number of rotatable bonds is 9. The van der Waals surface area contributed by atoms with Crippen molar-refractivity contribution >= 4 is 27.8 Å². The van der Waals surface area contributed by atoms with Crippen molar-refractivity contribution in [1.29, 1.82) is 0 Å². The lowest BCUT2D eigenvalue weighted by Crippen LogP contribution is -2.45. The second-order valence-corrected chi connectivity index (χ2v) is 6.28. The molecule has 0 radical (unpaired) electrons. The zero-order valence-corrected chi connectivity index (χ0v) is 15.4. The fourth-order valence-electron chi connectivity index (χ4n) is 2.02. The van der Waals surface area contributed by atoms with E-state index in [0.29, 0.717) is 19.4 Å². The van der Waals surface area contributed by atoms with Gasteiger partial charge in [0.1, 0.15) is 11.8 Å². The molecule has 0 heterocycles. The van der Waals surface area contributed by atoms with Gasteiger partial charge < -0.3 is 14.8 Å². The summed E-state index contributed by atoms with van der Waals surface area (Å²) < 4.78 is 11.3. The number of hydrogen-bond donors (Lipinski definition) is 1. The fourth-order valence-corrected chi connectivity index (χ4v) is 2.40. The molecule has 5 nitrogen and oxygen atoms in total. The first-order valence-electron chi connectivity index (χ1n) is 7.73. The molecule has 128 valence electrons. The Morgan fingerprint density at radius 2 is 2.09 bits per heavy atom. The maximum atomic E-state index is 12.0. The van der Waals surface area contributed by atoms with Crippen LogP contribution in [0.15, 0.2) is 28.7 Å². The third-order valence-electron chi connectivity index (χ3n) is 3.60. The quantitative estimate of drug-likeness (QED) is 0.523. The molecule has 6 heteroatoms. The van der Waals surface area contributed by atoms with Gasteiger partial charge in [-0.05, 0) is 30.5 Å². The van der Waals surface area contributed by atoms with Gasteiger partial charge >= 0.3 is 5.97 Å². The zero-order valence-electron chi connectivity index (χ0n) is 13.8. The van der Waals surface area contributed by atoms with Crippen LogP contribution in [0.4, 0.5) is 0 Å². The lowest BCUT2D eigenvalue weighted by molar-refractivity contribution is -0.146. The van der Waals surface area contributed by atoms with Gasteiger partial charge in [0.05, 0.1) is 13.7 Å². The van der Waals surface area contributed by atoms with E-state index in [1.165, 1.54) is 7.11 Å². The van der Waals surface area contributed by atoms with Crippen molar-refractivity contribution in [2.45, 2.75) is 39.2 Å². The first-order chi connectivity index (χ1) is 11.0. The Kier molecular flexibility index (Phi) is 8.69. The summed E-state index contributed by atoms with van der Waals surface area (Å²) in [5.41, 5.74) is 0. The first-order valence-corrected chi connectivity index (χ1v) is 8.52. The highest BCUT2D eigenvalue weighted by Crippen LogP contribution is 2.18. The molecule has 1 rings (SSSR count). The van der Waals surface area contributed by atoms with E-state index in [1.807, 2.05) is 38.1 Å². The molecule has 0 bridgehead atoms. The predicted octanol–water partition coefficient (Wildman–Crippen LogP) is 3.31. The smallest absolute Gasteiger partial charge is 0.328 e. The van der Waals surface area contributed by atoms with Gasteiger partial charge in [0.2, 0.25) is 5.91 Å². The fraction of sp³-hybridized carbons (Fsp3) is 0.529. The number of benzene rings is 1. The third kappa shape index (κ3) is 7.03. The number of carbonyl (C=O) groups is 2. The summed E-state index contributed by atoms with van der Waals surface area (Å²) in [7, 11) is 1.33. The predicted molar refractivity (Wildman–Crippen MR) is 92.3 cm³/mol. The molecule has 0 saturated heterocycles. The number of esters is 1. The molecule has 1 amide bonds. The summed E-state index contributed by atoms with van der Waals surface area (Å²) in [6, 6.07) is 6.95. The topological polar surface area (TPSA) is 64.6 Å². The molecule has 0 aliphatic heterocycles. The monoisotopic (exact) mass is 385 g/mol. The molecule has 0 spiro atoms. The van der Waals surface area contributed by atoms with Gasteiger partial charge in [-0.2, -0.15) is 0 Å². The summed E-state index contributed by atoms with van der Waals surface area (Å²) in [6.07, 6.45) is 1.66. The van der Waals surface area contributed by atoms with E-state index in [0.717, 1.165) is 16.6 Å². The van der Waals surface area contributed by atoms with Gasteiger partial charge in [-0.3, -0.25) is 4.79 Å². The van der Waals surface area contributed by atoms with Crippen LogP contribution >= 0.6 is 15.9 Å². The van der Waals surface area contributed by atoms with E-state index < -0.39 is 12.0 Å². The van der Waals surface area contributed by atoms with Crippen LogP contribution in [0, 0.1) is 5.92 Å². The van der Waals surface area contributed by atoms with E-state index in [1.54, 1.807) is 0 Å². The van der Waals surface area contributed by atoms with Crippen LogP contribution in [0.5, 0.6) is 5.75 Å². The number of amides is 1. The van der Waals surface area contributed by atoms with Crippen LogP contribution in [-0.2, 0) is 14.3 Å². The molecule has 0 aliphatic carbocycles. The maximum absolute atomic E-state index is 12.0. The van der Waals surface area contributed by atoms with Gasteiger partial charge in [-0.1, -0.05) is 42.3 Å². The standard InChI is InChI=1S/C17H24BrNO4/c1-4-12(2)16(17(21)22-3)19-15(20)9-6-10-23-14-8-5-7-13(18)11-14/h5,7-8,11-12,16H,4,6,9-10H2,1-3H3,(H,19,20). The van der Waals surface area contributed by atoms with Crippen molar-refractivity contribution in [3.8, 4) is 5.75 Å². The van der Waals surface area contributed by atoms with Crippen molar-refractivity contribution in [1.82, 2.24) is 5.32 Å². The Morgan fingerprint density at radius 3 is 2.70 bits per heavy atom. The molecule has 0 fully saturated rings. The second kappa shape index (κ2) is 10.3.